The van der Waals surface area contributed by atoms with Crippen LogP contribution in [0, 0.1) is 5.92 Å². The number of amides is 1. The molecule has 1 aromatic rings. The van der Waals surface area contributed by atoms with Gasteiger partial charge in [-0.1, -0.05) is 25.1 Å². The van der Waals surface area contributed by atoms with E-state index in [1.54, 1.807) is 7.05 Å². The fraction of sp³-hybridized carbons (Fsp3) is 0.533. The fourth-order valence-electron chi connectivity index (χ4n) is 2.65. The molecule has 1 amide bonds. The molecule has 4 nitrogen and oxygen atoms in total. The van der Waals surface area contributed by atoms with Crippen LogP contribution in [0.4, 0.5) is 5.69 Å². The maximum atomic E-state index is 11.6. The second kappa shape index (κ2) is 6.06. The summed E-state index contributed by atoms with van der Waals surface area (Å²) >= 11 is 0. The van der Waals surface area contributed by atoms with Gasteiger partial charge in [0, 0.05) is 37.8 Å². The van der Waals surface area contributed by atoms with Gasteiger partial charge in [0.1, 0.15) is 0 Å². The number of carbonyl (C=O) groups is 1. The Morgan fingerprint density at radius 2 is 2.26 bits per heavy atom. The number of nitrogens with one attached hydrogen (secondary N) is 2. The van der Waals surface area contributed by atoms with Crippen molar-refractivity contribution in [3.05, 3.63) is 29.8 Å². The lowest BCUT2D eigenvalue weighted by Crippen LogP contribution is -2.45. The number of para-hydroxylation sites is 1. The summed E-state index contributed by atoms with van der Waals surface area (Å²) in [5.41, 5.74) is 2.60. The third-order valence-corrected chi connectivity index (χ3v) is 3.88. The van der Waals surface area contributed by atoms with Crippen LogP contribution < -0.4 is 10.6 Å². The minimum absolute atomic E-state index is 0.0205. The van der Waals surface area contributed by atoms with Crippen molar-refractivity contribution in [1.82, 2.24) is 10.2 Å². The monoisotopic (exact) mass is 261 g/mol. The zero-order valence-electron chi connectivity index (χ0n) is 11.9. The molecule has 1 aliphatic rings. The van der Waals surface area contributed by atoms with E-state index in [1.165, 1.54) is 11.3 Å². The number of rotatable bonds is 4. The minimum Gasteiger partial charge on any atom is -0.383 e. The maximum absolute atomic E-state index is 11.6. The fourth-order valence-corrected chi connectivity index (χ4v) is 2.65. The van der Waals surface area contributed by atoms with Gasteiger partial charge in [0.05, 0.1) is 0 Å². The van der Waals surface area contributed by atoms with E-state index in [4.69, 9.17) is 0 Å². The van der Waals surface area contributed by atoms with E-state index < -0.39 is 0 Å². The molecule has 0 aliphatic carbocycles. The van der Waals surface area contributed by atoms with E-state index in [-0.39, 0.29) is 11.8 Å². The Morgan fingerprint density at radius 1 is 1.53 bits per heavy atom. The van der Waals surface area contributed by atoms with Gasteiger partial charge < -0.3 is 15.5 Å². The minimum atomic E-state index is 0.0205. The van der Waals surface area contributed by atoms with Crippen molar-refractivity contribution in [2.24, 2.45) is 5.92 Å². The molecule has 0 saturated carbocycles. The number of benzene rings is 1. The van der Waals surface area contributed by atoms with E-state index in [1.807, 2.05) is 6.92 Å². The van der Waals surface area contributed by atoms with Crippen LogP contribution in [0.5, 0.6) is 0 Å². The summed E-state index contributed by atoms with van der Waals surface area (Å²) in [6.07, 6.45) is 1.04. The van der Waals surface area contributed by atoms with Gasteiger partial charge in [-0.3, -0.25) is 4.79 Å². The average Bonchev–Trinajstić information content (AvgIpc) is 2.45. The van der Waals surface area contributed by atoms with E-state index >= 15 is 0 Å². The molecule has 0 aromatic heterocycles. The lowest BCUT2D eigenvalue weighted by atomic mass is 9.98. The summed E-state index contributed by atoms with van der Waals surface area (Å²) in [7, 11) is 3.79. The van der Waals surface area contributed by atoms with Gasteiger partial charge in [-0.2, -0.15) is 0 Å². The molecule has 19 heavy (non-hydrogen) atoms. The summed E-state index contributed by atoms with van der Waals surface area (Å²) in [4.78, 5) is 13.9. The smallest absolute Gasteiger partial charge is 0.223 e. The molecule has 2 unspecified atom stereocenters. The van der Waals surface area contributed by atoms with Gasteiger partial charge >= 0.3 is 0 Å². The highest BCUT2D eigenvalue weighted by atomic mass is 16.1. The van der Waals surface area contributed by atoms with Crippen molar-refractivity contribution in [1.29, 1.82) is 0 Å². The summed E-state index contributed by atoms with van der Waals surface area (Å²) in [6, 6.07) is 8.88. The van der Waals surface area contributed by atoms with Gasteiger partial charge in [0.15, 0.2) is 0 Å². The molecule has 0 fully saturated rings. The number of hydrogen-bond acceptors (Lipinski definition) is 3. The first kappa shape index (κ1) is 13.9. The first-order chi connectivity index (χ1) is 9.11. The highest BCUT2D eigenvalue weighted by molar-refractivity contribution is 5.78. The Kier molecular flexibility index (Phi) is 4.43. The molecule has 104 valence electrons. The first-order valence-corrected chi connectivity index (χ1v) is 6.85. The topological polar surface area (TPSA) is 44.4 Å². The second-order valence-corrected chi connectivity index (χ2v) is 5.35. The Labute approximate surface area is 115 Å². The molecule has 1 aliphatic heterocycles. The standard InChI is InChI=1S/C15H23N3O/c1-11(15(19)16-2)10-18(3)13-8-12-6-4-5-7-14(12)17-9-13/h4-7,11,13,17H,8-10H2,1-3H3,(H,16,19). The largest absolute Gasteiger partial charge is 0.383 e. The van der Waals surface area contributed by atoms with Crippen molar-refractivity contribution >= 4 is 11.6 Å². The molecule has 2 rings (SSSR count). The molecule has 2 N–H and O–H groups in total. The number of likely N-dealkylation sites (N-methyl/N-ethyl adjacent to an activating group) is 1. The normalized spacial score (nSPS) is 19.5. The summed E-state index contributed by atoms with van der Waals surface area (Å²) in [6.45, 7) is 3.70. The van der Waals surface area contributed by atoms with Gasteiger partial charge in [0.2, 0.25) is 5.91 Å². The van der Waals surface area contributed by atoms with Crippen molar-refractivity contribution in [2.75, 3.05) is 32.5 Å². The number of anilines is 1. The lowest BCUT2D eigenvalue weighted by molar-refractivity contribution is -0.124. The van der Waals surface area contributed by atoms with Crippen LogP contribution in [0.3, 0.4) is 0 Å². The summed E-state index contributed by atoms with van der Waals surface area (Å²) in [5, 5.41) is 6.18. The highest BCUT2D eigenvalue weighted by Gasteiger charge is 2.23. The maximum Gasteiger partial charge on any atom is 0.223 e. The SMILES string of the molecule is CNC(=O)C(C)CN(C)C1CNc2ccccc2C1. The van der Waals surface area contributed by atoms with Crippen LogP contribution >= 0.6 is 0 Å². The molecular weight excluding hydrogens is 238 g/mol. The summed E-state index contributed by atoms with van der Waals surface area (Å²) in [5.74, 6) is 0.128. The van der Waals surface area contributed by atoms with Crippen molar-refractivity contribution < 1.29 is 4.79 Å². The van der Waals surface area contributed by atoms with Gasteiger partial charge in [-0.05, 0) is 25.1 Å². The van der Waals surface area contributed by atoms with Crippen LogP contribution in [0.25, 0.3) is 0 Å². The molecule has 4 heteroatoms. The number of fused-ring (bicyclic) bond motifs is 1. The number of nitrogens with zero attached hydrogens (tertiary/aromatic N) is 1. The van der Waals surface area contributed by atoms with Gasteiger partial charge in [-0.15, -0.1) is 0 Å². The Hall–Kier alpha value is -1.55. The predicted octanol–water partition coefficient (Wildman–Crippen LogP) is 1.34. The second-order valence-electron chi connectivity index (χ2n) is 5.35. The molecule has 2 atom stereocenters. The van der Waals surface area contributed by atoms with Gasteiger partial charge in [-0.25, -0.2) is 0 Å². The lowest BCUT2D eigenvalue weighted by Gasteiger charge is -2.34. The summed E-state index contributed by atoms with van der Waals surface area (Å²) < 4.78 is 0. The van der Waals surface area contributed by atoms with Crippen molar-refractivity contribution in [3.8, 4) is 0 Å². The zero-order valence-corrected chi connectivity index (χ0v) is 11.9. The van der Waals surface area contributed by atoms with E-state index in [9.17, 15) is 4.79 Å². The molecule has 0 spiro atoms. The highest BCUT2D eigenvalue weighted by Crippen LogP contribution is 2.23. The first-order valence-electron chi connectivity index (χ1n) is 6.85. The predicted molar refractivity (Wildman–Crippen MR) is 78.3 cm³/mol. The van der Waals surface area contributed by atoms with Crippen LogP contribution in [0.2, 0.25) is 0 Å². The van der Waals surface area contributed by atoms with Crippen LogP contribution in [-0.4, -0.2) is 44.0 Å². The Morgan fingerprint density at radius 3 is 3.00 bits per heavy atom. The van der Waals surface area contributed by atoms with Crippen LogP contribution in [-0.2, 0) is 11.2 Å². The van der Waals surface area contributed by atoms with Crippen molar-refractivity contribution in [2.45, 2.75) is 19.4 Å². The van der Waals surface area contributed by atoms with Gasteiger partial charge in [0.25, 0.3) is 0 Å². The molecule has 0 radical (unpaired) electrons. The van der Waals surface area contributed by atoms with E-state index in [0.717, 1.165) is 19.5 Å². The zero-order chi connectivity index (χ0) is 13.8. The number of carbonyl (C=O) groups excluding carboxylic acids is 1. The van der Waals surface area contributed by atoms with Crippen LogP contribution in [0.1, 0.15) is 12.5 Å². The van der Waals surface area contributed by atoms with E-state index in [2.05, 4.69) is 46.8 Å². The van der Waals surface area contributed by atoms with E-state index in [0.29, 0.717) is 6.04 Å². The third-order valence-electron chi connectivity index (χ3n) is 3.88. The quantitative estimate of drug-likeness (QED) is 0.859. The average molecular weight is 261 g/mol. The molecular formula is C15H23N3O. The molecule has 1 heterocycles. The molecule has 0 bridgehead atoms. The number of hydrogen-bond donors (Lipinski definition) is 2. The van der Waals surface area contributed by atoms with Crippen LogP contribution in [0.15, 0.2) is 24.3 Å². The third kappa shape index (κ3) is 3.26. The Bertz CT molecular complexity index is 447. The van der Waals surface area contributed by atoms with Crippen molar-refractivity contribution in [3.63, 3.8) is 0 Å². The molecule has 0 saturated heterocycles. The Balaban J connectivity index is 1.95. The molecule has 1 aromatic carbocycles.